The topological polar surface area (TPSA) is 64.0 Å². The molecule has 0 saturated carbocycles. The Balaban J connectivity index is 2.16. The molecule has 1 heterocycles. The van der Waals surface area contributed by atoms with Gasteiger partial charge in [-0.3, -0.25) is 4.68 Å². The van der Waals surface area contributed by atoms with Crippen LogP contribution in [0.1, 0.15) is 6.92 Å². The maximum absolute atomic E-state index is 12.3. The van der Waals surface area contributed by atoms with Gasteiger partial charge in [0, 0.05) is 23.5 Å². The largest absolute Gasteiger partial charge is 0.271 e. The minimum Gasteiger partial charge on any atom is -0.271 e. The van der Waals surface area contributed by atoms with Crippen molar-refractivity contribution >= 4 is 33.2 Å². The fourth-order valence-corrected chi connectivity index (χ4v) is 3.73. The smallest absolute Gasteiger partial charge is 0.242 e. The van der Waals surface area contributed by atoms with E-state index in [0.717, 1.165) is 0 Å². The first-order chi connectivity index (χ1) is 9.38. The fraction of sp³-hybridized carbons (Fsp3) is 0.250. The third-order valence-electron chi connectivity index (χ3n) is 2.56. The number of rotatable bonds is 5. The average Bonchev–Trinajstić information content (AvgIpc) is 2.84. The Labute approximate surface area is 127 Å². The standard InChI is InChI=1S/C12H13Cl2N3O2S/c1-9(8-17-6-2-5-15-17)16-20(18,19)12-7-10(13)3-4-11(12)14/h2-7,9,16H,8H2,1H3/t9-/m0/s1. The highest BCUT2D eigenvalue weighted by Gasteiger charge is 2.21. The summed E-state index contributed by atoms with van der Waals surface area (Å²) in [4.78, 5) is -0.0287. The summed E-state index contributed by atoms with van der Waals surface area (Å²) < 4.78 is 28.7. The molecule has 5 nitrogen and oxygen atoms in total. The second-order valence-electron chi connectivity index (χ2n) is 4.33. The van der Waals surface area contributed by atoms with E-state index in [-0.39, 0.29) is 16.0 Å². The highest BCUT2D eigenvalue weighted by atomic mass is 35.5. The van der Waals surface area contributed by atoms with Crippen LogP contribution in [0.5, 0.6) is 0 Å². The molecule has 1 atom stereocenters. The van der Waals surface area contributed by atoms with Crippen LogP contribution in [-0.2, 0) is 16.6 Å². The molecule has 0 saturated heterocycles. The molecule has 20 heavy (non-hydrogen) atoms. The van der Waals surface area contributed by atoms with Crippen molar-refractivity contribution in [3.05, 3.63) is 46.7 Å². The molecule has 108 valence electrons. The van der Waals surface area contributed by atoms with Crippen molar-refractivity contribution in [2.45, 2.75) is 24.4 Å². The third kappa shape index (κ3) is 3.73. The summed E-state index contributed by atoms with van der Waals surface area (Å²) in [5.41, 5.74) is 0. The summed E-state index contributed by atoms with van der Waals surface area (Å²) in [6, 6.07) is 5.75. The van der Waals surface area contributed by atoms with Crippen molar-refractivity contribution in [2.24, 2.45) is 0 Å². The molecule has 0 aliphatic heterocycles. The lowest BCUT2D eigenvalue weighted by Crippen LogP contribution is -2.35. The van der Waals surface area contributed by atoms with Gasteiger partial charge in [0.25, 0.3) is 0 Å². The number of hydrogen-bond acceptors (Lipinski definition) is 3. The minimum absolute atomic E-state index is 0.0287. The molecule has 0 unspecified atom stereocenters. The second kappa shape index (κ2) is 6.13. The van der Waals surface area contributed by atoms with Crippen molar-refractivity contribution < 1.29 is 8.42 Å². The number of sulfonamides is 1. The number of aromatic nitrogens is 2. The Morgan fingerprint density at radius 3 is 2.80 bits per heavy atom. The predicted octanol–water partition coefficient (Wildman–Crippen LogP) is 2.56. The van der Waals surface area contributed by atoms with Crippen molar-refractivity contribution in [1.82, 2.24) is 14.5 Å². The van der Waals surface area contributed by atoms with Crippen molar-refractivity contribution in [3.8, 4) is 0 Å². The lowest BCUT2D eigenvalue weighted by molar-refractivity contribution is 0.494. The van der Waals surface area contributed by atoms with Crippen LogP contribution in [0.15, 0.2) is 41.6 Å². The van der Waals surface area contributed by atoms with Crippen LogP contribution in [0.4, 0.5) is 0 Å². The zero-order valence-electron chi connectivity index (χ0n) is 10.6. The summed E-state index contributed by atoms with van der Waals surface area (Å²) in [7, 11) is -3.72. The fourth-order valence-electron chi connectivity index (χ4n) is 1.74. The molecule has 1 N–H and O–H groups in total. The predicted molar refractivity (Wildman–Crippen MR) is 78.5 cm³/mol. The van der Waals surface area contributed by atoms with E-state index in [2.05, 4.69) is 9.82 Å². The van der Waals surface area contributed by atoms with Crippen molar-refractivity contribution in [3.63, 3.8) is 0 Å². The van der Waals surface area contributed by atoms with E-state index in [0.29, 0.717) is 11.6 Å². The summed E-state index contributed by atoms with van der Waals surface area (Å²) >= 11 is 11.7. The average molecular weight is 334 g/mol. The van der Waals surface area contributed by atoms with Gasteiger partial charge in [-0.05, 0) is 31.2 Å². The van der Waals surface area contributed by atoms with Gasteiger partial charge in [0.2, 0.25) is 10.0 Å². The molecule has 0 aliphatic rings. The van der Waals surface area contributed by atoms with Crippen molar-refractivity contribution in [1.29, 1.82) is 0 Å². The van der Waals surface area contributed by atoms with Crippen LogP contribution < -0.4 is 4.72 Å². The van der Waals surface area contributed by atoms with Crippen LogP contribution >= 0.6 is 23.2 Å². The Morgan fingerprint density at radius 2 is 2.15 bits per heavy atom. The monoisotopic (exact) mass is 333 g/mol. The molecule has 0 spiro atoms. The molecule has 0 aliphatic carbocycles. The first-order valence-corrected chi connectivity index (χ1v) is 8.07. The Kier molecular flexibility index (Phi) is 4.70. The van der Waals surface area contributed by atoms with Gasteiger partial charge in [0.1, 0.15) is 4.90 Å². The van der Waals surface area contributed by atoms with Crippen LogP contribution in [-0.4, -0.2) is 24.2 Å². The summed E-state index contributed by atoms with van der Waals surface area (Å²) in [5, 5.41) is 4.47. The number of nitrogens with one attached hydrogen (secondary N) is 1. The van der Waals surface area contributed by atoms with E-state index >= 15 is 0 Å². The minimum atomic E-state index is -3.72. The molecule has 0 radical (unpaired) electrons. The van der Waals surface area contributed by atoms with Crippen LogP contribution in [0.2, 0.25) is 10.0 Å². The van der Waals surface area contributed by atoms with E-state index in [1.807, 2.05) is 0 Å². The van der Waals surface area contributed by atoms with E-state index in [4.69, 9.17) is 23.2 Å². The van der Waals surface area contributed by atoms with E-state index in [1.54, 1.807) is 30.1 Å². The third-order valence-corrected chi connectivity index (χ3v) is 4.87. The van der Waals surface area contributed by atoms with Gasteiger partial charge in [0.15, 0.2) is 0 Å². The van der Waals surface area contributed by atoms with E-state index in [1.165, 1.54) is 18.2 Å². The molecule has 1 aromatic carbocycles. The normalized spacial score (nSPS) is 13.3. The van der Waals surface area contributed by atoms with Gasteiger partial charge >= 0.3 is 0 Å². The lowest BCUT2D eigenvalue weighted by Gasteiger charge is -2.15. The SMILES string of the molecule is C[C@@H](Cn1cccn1)NS(=O)(=O)c1cc(Cl)ccc1Cl. The molecule has 1 aromatic heterocycles. The molecule has 2 rings (SSSR count). The maximum Gasteiger partial charge on any atom is 0.242 e. The number of hydrogen-bond donors (Lipinski definition) is 1. The van der Waals surface area contributed by atoms with Gasteiger partial charge in [0.05, 0.1) is 11.6 Å². The quantitative estimate of drug-likeness (QED) is 0.914. The Hall–Kier alpha value is -1.08. The summed E-state index contributed by atoms with van der Waals surface area (Å²) in [6.45, 7) is 2.17. The number of benzene rings is 1. The highest BCUT2D eigenvalue weighted by molar-refractivity contribution is 7.89. The maximum atomic E-state index is 12.3. The number of nitrogens with zero attached hydrogens (tertiary/aromatic N) is 2. The molecular weight excluding hydrogens is 321 g/mol. The van der Waals surface area contributed by atoms with Crippen LogP contribution in [0.25, 0.3) is 0 Å². The molecule has 0 fully saturated rings. The lowest BCUT2D eigenvalue weighted by atomic mass is 10.4. The van der Waals surface area contributed by atoms with Crippen molar-refractivity contribution in [2.75, 3.05) is 0 Å². The molecule has 8 heteroatoms. The van der Waals surface area contributed by atoms with Gasteiger partial charge in [-0.2, -0.15) is 5.10 Å². The Morgan fingerprint density at radius 1 is 1.40 bits per heavy atom. The second-order valence-corrected chi connectivity index (χ2v) is 6.85. The van der Waals surface area contributed by atoms with Gasteiger partial charge in [-0.15, -0.1) is 0 Å². The molecular formula is C12H13Cl2N3O2S. The van der Waals surface area contributed by atoms with Crippen LogP contribution in [0.3, 0.4) is 0 Å². The zero-order chi connectivity index (χ0) is 14.8. The highest BCUT2D eigenvalue weighted by Crippen LogP contribution is 2.25. The summed E-state index contributed by atoms with van der Waals surface area (Å²) in [5.74, 6) is 0. The first kappa shape index (κ1) is 15.3. The first-order valence-electron chi connectivity index (χ1n) is 5.83. The zero-order valence-corrected chi connectivity index (χ0v) is 13.0. The van der Waals surface area contributed by atoms with E-state index in [9.17, 15) is 8.42 Å². The number of halogens is 2. The summed E-state index contributed by atoms with van der Waals surface area (Å²) in [6.07, 6.45) is 3.40. The van der Waals surface area contributed by atoms with E-state index < -0.39 is 10.0 Å². The van der Waals surface area contributed by atoms with Gasteiger partial charge < -0.3 is 0 Å². The Bertz CT molecular complexity index is 687. The van der Waals surface area contributed by atoms with Gasteiger partial charge in [-0.1, -0.05) is 23.2 Å². The molecule has 2 aromatic rings. The van der Waals surface area contributed by atoms with Gasteiger partial charge in [-0.25, -0.2) is 13.1 Å². The van der Waals surface area contributed by atoms with Crippen LogP contribution in [0, 0.1) is 0 Å². The molecule has 0 bridgehead atoms. The molecule has 0 amide bonds.